The first-order valence-electron chi connectivity index (χ1n) is 24.8. The van der Waals surface area contributed by atoms with Crippen LogP contribution in [-0.2, 0) is 11.8 Å². The highest BCUT2D eigenvalue weighted by Crippen LogP contribution is 2.58. The molecule has 10 aromatic rings. The average Bonchev–Trinajstić information content (AvgIpc) is 3.75. The molecule has 10 aromatic carbocycles. The van der Waals surface area contributed by atoms with Crippen molar-refractivity contribution in [2.45, 2.75) is 17.9 Å². The Morgan fingerprint density at radius 1 is 0.451 bits per heavy atom. The molecule has 2 heteroatoms. The van der Waals surface area contributed by atoms with E-state index in [9.17, 15) is 0 Å². The number of allylic oxidation sites excluding steroid dienone is 3. The summed E-state index contributed by atoms with van der Waals surface area (Å²) < 4.78 is 0. The van der Waals surface area contributed by atoms with Crippen molar-refractivity contribution in [1.29, 1.82) is 0 Å². The van der Waals surface area contributed by atoms with Gasteiger partial charge >= 0.3 is 0 Å². The Labute approximate surface area is 416 Å². The molecule has 0 amide bonds. The summed E-state index contributed by atoms with van der Waals surface area (Å²) in [4.78, 5) is 5.06. The lowest BCUT2D eigenvalue weighted by Gasteiger charge is -2.37. The summed E-state index contributed by atoms with van der Waals surface area (Å²) in [5.41, 5.74) is 17.9. The predicted molar refractivity (Wildman–Crippen MR) is 301 cm³/mol. The molecule has 3 aliphatic rings. The van der Waals surface area contributed by atoms with Crippen molar-refractivity contribution >= 4 is 73.3 Å². The zero-order chi connectivity index (χ0) is 47.1. The molecular weight excluding hydrogens is 857 g/mol. The molecule has 0 saturated carbocycles. The summed E-state index contributed by atoms with van der Waals surface area (Å²) in [6, 6.07) is 86.1. The molecule has 2 atom stereocenters. The number of anilines is 5. The molecule has 1 heterocycles. The van der Waals surface area contributed by atoms with Gasteiger partial charge in [-0.15, -0.1) is 0 Å². The molecule has 2 aliphatic carbocycles. The Kier molecular flexibility index (Phi) is 10.6. The van der Waals surface area contributed by atoms with Gasteiger partial charge in [-0.1, -0.05) is 225 Å². The van der Waals surface area contributed by atoms with E-state index >= 15 is 0 Å². The van der Waals surface area contributed by atoms with Crippen LogP contribution < -0.4 is 9.80 Å². The van der Waals surface area contributed by atoms with E-state index in [-0.39, 0.29) is 11.5 Å². The van der Waals surface area contributed by atoms with Crippen molar-refractivity contribution in [2.75, 3.05) is 9.80 Å². The van der Waals surface area contributed by atoms with Crippen LogP contribution in [0.5, 0.6) is 0 Å². The van der Waals surface area contributed by atoms with E-state index in [2.05, 4.69) is 295 Å². The van der Waals surface area contributed by atoms with Crippen LogP contribution in [0.1, 0.15) is 44.5 Å². The molecule has 336 valence electrons. The van der Waals surface area contributed by atoms with Gasteiger partial charge in [0.15, 0.2) is 0 Å². The third kappa shape index (κ3) is 7.44. The van der Waals surface area contributed by atoms with Crippen molar-refractivity contribution in [1.82, 2.24) is 0 Å². The molecule has 0 bridgehead atoms. The third-order valence-corrected chi connectivity index (χ3v) is 14.7. The highest BCUT2D eigenvalue weighted by atomic mass is 15.2. The van der Waals surface area contributed by atoms with Crippen molar-refractivity contribution in [3.05, 3.63) is 318 Å². The normalized spacial score (nSPS) is 16.1. The minimum absolute atomic E-state index is 0.0867. The van der Waals surface area contributed by atoms with E-state index in [0.717, 1.165) is 29.0 Å². The lowest BCUT2D eigenvalue weighted by atomic mass is 9.69. The van der Waals surface area contributed by atoms with Gasteiger partial charge in [0.1, 0.15) is 0 Å². The molecule has 0 radical (unpaired) electrons. The molecule has 1 spiro atoms. The zero-order valence-electron chi connectivity index (χ0n) is 39.3. The van der Waals surface area contributed by atoms with Gasteiger partial charge < -0.3 is 9.80 Å². The number of hydrogen-bond acceptors (Lipinski definition) is 2. The van der Waals surface area contributed by atoms with Gasteiger partial charge in [-0.2, -0.15) is 0 Å². The smallest absolute Gasteiger partial charge is 0.0693 e. The first kappa shape index (κ1) is 42.1. The van der Waals surface area contributed by atoms with Gasteiger partial charge in [0.25, 0.3) is 0 Å². The molecule has 13 rings (SSSR count). The summed E-state index contributed by atoms with van der Waals surface area (Å²) in [7, 11) is 0. The fourth-order valence-electron chi connectivity index (χ4n) is 11.5. The van der Waals surface area contributed by atoms with Crippen molar-refractivity contribution in [3.8, 4) is 0 Å². The van der Waals surface area contributed by atoms with Gasteiger partial charge in [0.2, 0.25) is 0 Å². The average molecular weight is 907 g/mol. The summed E-state index contributed by atoms with van der Waals surface area (Å²) in [5.74, 6) is 0. The predicted octanol–water partition coefficient (Wildman–Crippen LogP) is 17.6. The van der Waals surface area contributed by atoms with Gasteiger partial charge in [-0.3, -0.25) is 0 Å². The highest BCUT2D eigenvalue weighted by molar-refractivity contribution is 6.17. The highest BCUT2D eigenvalue weighted by Gasteiger charge is 2.51. The van der Waals surface area contributed by atoms with Crippen molar-refractivity contribution < 1.29 is 0 Å². The van der Waals surface area contributed by atoms with E-state index in [1.807, 2.05) is 0 Å². The quantitative estimate of drug-likeness (QED) is 0.0766. The SMILES string of the molecule is C1=CC2N(c3ccc(C=C(c4ccccc4)c4ccccc4)cc3)c3cc4c(cc(N(c5ccccc5)c5ccc(C=C(c6ccccc6)c6ccccc6)cc5)c5ccccc54)c4c3C2(C=C1)C=CC4. The second kappa shape index (κ2) is 17.8. The fraction of sp³-hybridized carbons (Fsp3) is 0.0435. The molecule has 2 unspecified atom stereocenters. The monoisotopic (exact) mass is 906 g/mol. The standard InChI is InChI=1S/C69H50N2/c1-6-21-51(22-7-1)61(52-23-8-2-9-24-52)45-49-35-39-56(40-36-49)70(55-29-14-5-15-30-55)65-47-64-60-33-20-44-69-43-19-18-34-67(69)71(66(68(60)69)48-63(64)58-31-16-17-32-59(58)65)57-41-37-50(38-42-57)46-62(53-25-10-3-11-26-53)54-27-12-4-13-28-54/h1-32,34-48,67H,33H2. The van der Waals surface area contributed by atoms with E-state index in [1.165, 1.54) is 83.0 Å². The van der Waals surface area contributed by atoms with E-state index in [0.29, 0.717) is 0 Å². The van der Waals surface area contributed by atoms with Crippen LogP contribution in [0.4, 0.5) is 28.4 Å². The maximum absolute atomic E-state index is 2.60. The molecule has 0 N–H and O–H groups in total. The van der Waals surface area contributed by atoms with Crippen LogP contribution in [0.2, 0.25) is 0 Å². The fourth-order valence-corrected chi connectivity index (χ4v) is 11.5. The summed E-state index contributed by atoms with van der Waals surface area (Å²) in [6.07, 6.45) is 19.7. The molecule has 0 fully saturated rings. The molecule has 0 aromatic heterocycles. The first-order chi connectivity index (χ1) is 35.2. The number of para-hydroxylation sites is 1. The molecule has 0 saturated heterocycles. The summed E-state index contributed by atoms with van der Waals surface area (Å²) >= 11 is 0. The Morgan fingerprint density at radius 2 is 0.944 bits per heavy atom. The maximum Gasteiger partial charge on any atom is 0.0693 e. The lowest BCUT2D eigenvalue weighted by Crippen LogP contribution is -2.41. The Hall–Kier alpha value is -8.98. The molecule has 1 aliphatic heterocycles. The van der Waals surface area contributed by atoms with Gasteiger partial charge in [0, 0.05) is 28.1 Å². The summed E-state index contributed by atoms with van der Waals surface area (Å²) in [6.45, 7) is 0. The number of hydrogen-bond donors (Lipinski definition) is 0. The summed E-state index contributed by atoms with van der Waals surface area (Å²) in [5, 5.41) is 5.03. The van der Waals surface area contributed by atoms with Crippen LogP contribution in [0.25, 0.3) is 44.8 Å². The van der Waals surface area contributed by atoms with E-state index < -0.39 is 0 Å². The third-order valence-electron chi connectivity index (χ3n) is 14.7. The maximum atomic E-state index is 2.60. The number of nitrogens with zero attached hydrogens (tertiary/aromatic N) is 2. The Bertz CT molecular complexity index is 3660. The second-order valence-electron chi connectivity index (χ2n) is 18.8. The number of rotatable bonds is 10. The minimum Gasteiger partial charge on any atom is -0.333 e. The number of benzene rings is 10. The largest absolute Gasteiger partial charge is 0.333 e. The minimum atomic E-state index is -0.301. The zero-order valence-corrected chi connectivity index (χ0v) is 39.3. The van der Waals surface area contributed by atoms with Crippen LogP contribution in [0.3, 0.4) is 0 Å². The first-order valence-corrected chi connectivity index (χ1v) is 24.8. The van der Waals surface area contributed by atoms with Crippen molar-refractivity contribution in [3.63, 3.8) is 0 Å². The van der Waals surface area contributed by atoms with Crippen LogP contribution in [0, 0.1) is 0 Å². The van der Waals surface area contributed by atoms with Gasteiger partial charge in [-0.05, 0) is 139 Å². The lowest BCUT2D eigenvalue weighted by molar-refractivity contribution is 0.600. The van der Waals surface area contributed by atoms with Gasteiger partial charge in [0.05, 0.1) is 17.1 Å². The van der Waals surface area contributed by atoms with Crippen LogP contribution >= 0.6 is 0 Å². The van der Waals surface area contributed by atoms with E-state index in [4.69, 9.17) is 0 Å². The van der Waals surface area contributed by atoms with Gasteiger partial charge in [-0.25, -0.2) is 0 Å². The molecule has 2 nitrogen and oxygen atoms in total. The Balaban J connectivity index is 0.950. The Morgan fingerprint density at radius 3 is 1.51 bits per heavy atom. The molecule has 71 heavy (non-hydrogen) atoms. The van der Waals surface area contributed by atoms with Crippen molar-refractivity contribution in [2.24, 2.45) is 0 Å². The van der Waals surface area contributed by atoms with Crippen LogP contribution in [-0.4, -0.2) is 6.04 Å². The van der Waals surface area contributed by atoms with E-state index in [1.54, 1.807) is 0 Å². The second-order valence-corrected chi connectivity index (χ2v) is 18.8. The number of fused-ring (bicyclic) bond motifs is 4. The topological polar surface area (TPSA) is 6.48 Å². The van der Waals surface area contributed by atoms with Crippen LogP contribution in [0.15, 0.2) is 273 Å². The molecular formula is C69H50N2.